The van der Waals surface area contributed by atoms with Crippen LogP contribution in [-0.2, 0) is 0 Å². The molecule has 1 aromatic rings. The van der Waals surface area contributed by atoms with Gasteiger partial charge in [0.05, 0.1) is 17.8 Å². The van der Waals surface area contributed by atoms with E-state index in [0.717, 1.165) is 31.4 Å². The maximum atomic E-state index is 11.3. The zero-order valence-electron chi connectivity index (χ0n) is 12.0. The monoisotopic (exact) mass is 291 g/mol. The molecule has 0 radical (unpaired) electrons. The van der Waals surface area contributed by atoms with Crippen LogP contribution in [0, 0.1) is 0 Å². The van der Waals surface area contributed by atoms with Crippen LogP contribution < -0.4 is 9.64 Å². The number of rotatable bonds is 3. The lowest BCUT2D eigenvalue weighted by molar-refractivity contribution is 0.0100. The van der Waals surface area contributed by atoms with E-state index < -0.39 is 11.6 Å². The van der Waals surface area contributed by atoms with Gasteiger partial charge in [0.1, 0.15) is 12.2 Å². The van der Waals surface area contributed by atoms with Crippen LogP contribution in [0.15, 0.2) is 18.2 Å². The largest absolute Gasteiger partial charge is 0.489 e. The molecule has 0 aromatic heterocycles. The minimum absolute atomic E-state index is 0.188. The van der Waals surface area contributed by atoms with Gasteiger partial charge in [0.25, 0.3) is 0 Å². The van der Waals surface area contributed by atoms with Gasteiger partial charge >= 0.3 is 5.97 Å². The Morgan fingerprint density at radius 1 is 1.29 bits per heavy atom. The van der Waals surface area contributed by atoms with E-state index in [2.05, 4.69) is 4.90 Å². The van der Waals surface area contributed by atoms with Crippen LogP contribution in [0.3, 0.4) is 0 Å². The Hall–Kier alpha value is -1.75. The van der Waals surface area contributed by atoms with E-state index in [1.54, 1.807) is 12.1 Å². The Labute approximate surface area is 124 Å². The van der Waals surface area contributed by atoms with Crippen molar-refractivity contribution in [3.8, 4) is 5.75 Å². The molecule has 1 fully saturated rings. The molecule has 0 atom stereocenters. The molecule has 5 heteroatoms. The van der Waals surface area contributed by atoms with E-state index in [9.17, 15) is 15.0 Å². The molecule has 0 bridgehead atoms. The van der Waals surface area contributed by atoms with Gasteiger partial charge in [0.2, 0.25) is 0 Å². The zero-order valence-corrected chi connectivity index (χ0v) is 12.0. The number of nitrogens with zero attached hydrogens (tertiary/aromatic N) is 1. The highest BCUT2D eigenvalue weighted by atomic mass is 16.5. The van der Waals surface area contributed by atoms with Crippen LogP contribution in [-0.4, -0.2) is 41.5 Å². The summed E-state index contributed by atoms with van der Waals surface area (Å²) in [5, 5.41) is 20.0. The lowest BCUT2D eigenvalue weighted by Crippen LogP contribution is -2.47. The zero-order chi connectivity index (χ0) is 14.9. The van der Waals surface area contributed by atoms with E-state index in [1.165, 1.54) is 6.42 Å². The first-order valence-electron chi connectivity index (χ1n) is 7.55. The fourth-order valence-electron chi connectivity index (χ4n) is 3.36. The van der Waals surface area contributed by atoms with Gasteiger partial charge in [-0.15, -0.1) is 0 Å². The number of carboxylic acids is 1. The minimum atomic E-state index is -0.981. The molecule has 1 heterocycles. The van der Waals surface area contributed by atoms with Crippen molar-refractivity contribution in [3.63, 3.8) is 0 Å². The van der Waals surface area contributed by atoms with Crippen LogP contribution in [0.1, 0.15) is 42.5 Å². The molecule has 2 aliphatic rings. The number of hydrogen-bond donors (Lipinski definition) is 2. The SMILES string of the molecule is O=C(O)c1cccc2c1OCCN2CC1(O)CCCCC1. The predicted octanol–water partition coefficient (Wildman–Crippen LogP) is 2.28. The van der Waals surface area contributed by atoms with Crippen molar-refractivity contribution in [1.29, 1.82) is 0 Å². The molecule has 1 aromatic carbocycles. The molecule has 2 N–H and O–H groups in total. The highest BCUT2D eigenvalue weighted by molar-refractivity contribution is 5.93. The van der Waals surface area contributed by atoms with E-state index in [0.29, 0.717) is 25.4 Å². The molecule has 1 aliphatic carbocycles. The topological polar surface area (TPSA) is 70.0 Å². The molecule has 1 aliphatic heterocycles. The van der Waals surface area contributed by atoms with Crippen molar-refractivity contribution in [2.45, 2.75) is 37.7 Å². The van der Waals surface area contributed by atoms with Gasteiger partial charge in [-0.3, -0.25) is 0 Å². The molecule has 0 spiro atoms. The number of anilines is 1. The number of aromatic carboxylic acids is 1. The van der Waals surface area contributed by atoms with Crippen LogP contribution >= 0.6 is 0 Å². The van der Waals surface area contributed by atoms with Gasteiger partial charge in [-0.1, -0.05) is 25.3 Å². The summed E-state index contributed by atoms with van der Waals surface area (Å²) in [6, 6.07) is 5.15. The Kier molecular flexibility index (Phi) is 3.76. The van der Waals surface area contributed by atoms with Crippen LogP contribution in [0.4, 0.5) is 5.69 Å². The third kappa shape index (κ3) is 2.83. The van der Waals surface area contributed by atoms with Crippen LogP contribution in [0.25, 0.3) is 0 Å². The van der Waals surface area contributed by atoms with Crippen LogP contribution in [0.5, 0.6) is 5.75 Å². The van der Waals surface area contributed by atoms with Crippen molar-refractivity contribution in [1.82, 2.24) is 0 Å². The van der Waals surface area contributed by atoms with Gasteiger partial charge in [-0.05, 0) is 25.0 Å². The van der Waals surface area contributed by atoms with Gasteiger partial charge in [-0.2, -0.15) is 0 Å². The lowest BCUT2D eigenvalue weighted by Gasteiger charge is -2.40. The van der Waals surface area contributed by atoms with Gasteiger partial charge in [-0.25, -0.2) is 4.79 Å². The first-order valence-corrected chi connectivity index (χ1v) is 7.55. The summed E-state index contributed by atoms with van der Waals surface area (Å²) in [4.78, 5) is 13.4. The molecular formula is C16H21NO4. The molecule has 0 saturated heterocycles. The molecule has 0 amide bonds. The maximum absolute atomic E-state index is 11.3. The average Bonchev–Trinajstić information content (AvgIpc) is 2.47. The number of carboxylic acid groups (broad SMARTS) is 1. The maximum Gasteiger partial charge on any atom is 0.339 e. The number of β-amino-alcohol motifs (C(OH)–C–C–N with tert-alkyl or cyclic N) is 1. The normalized spacial score (nSPS) is 20.5. The fraction of sp³-hybridized carbons (Fsp3) is 0.562. The van der Waals surface area contributed by atoms with E-state index >= 15 is 0 Å². The van der Waals surface area contributed by atoms with E-state index in [1.807, 2.05) is 6.07 Å². The molecule has 0 unspecified atom stereocenters. The van der Waals surface area contributed by atoms with Crippen molar-refractivity contribution in [2.24, 2.45) is 0 Å². The van der Waals surface area contributed by atoms with Crippen molar-refractivity contribution >= 4 is 11.7 Å². The number of ether oxygens (including phenoxy) is 1. The summed E-state index contributed by atoms with van der Waals surface area (Å²) in [5.74, 6) is -0.555. The number of para-hydroxylation sites is 1. The van der Waals surface area contributed by atoms with E-state index in [4.69, 9.17) is 4.74 Å². The highest BCUT2D eigenvalue weighted by Crippen LogP contribution is 2.37. The summed E-state index contributed by atoms with van der Waals surface area (Å²) in [5.41, 5.74) is 0.305. The number of aliphatic hydroxyl groups is 1. The molecule has 1 saturated carbocycles. The number of hydrogen-bond acceptors (Lipinski definition) is 4. The van der Waals surface area contributed by atoms with Crippen molar-refractivity contribution in [2.75, 3.05) is 24.6 Å². The number of benzene rings is 1. The average molecular weight is 291 g/mol. The predicted molar refractivity (Wildman–Crippen MR) is 79.1 cm³/mol. The van der Waals surface area contributed by atoms with Gasteiger partial charge in [0.15, 0.2) is 5.75 Å². The third-order valence-electron chi connectivity index (χ3n) is 4.44. The van der Waals surface area contributed by atoms with E-state index in [-0.39, 0.29) is 5.56 Å². The number of carbonyl (C=O) groups is 1. The smallest absolute Gasteiger partial charge is 0.339 e. The molecule has 3 rings (SSSR count). The standard InChI is InChI=1S/C16H21NO4/c18-15(19)12-5-4-6-13-14(12)21-10-9-17(13)11-16(20)7-2-1-3-8-16/h4-6,20H,1-3,7-11H2,(H,18,19). The second-order valence-corrected chi connectivity index (χ2v) is 6.01. The van der Waals surface area contributed by atoms with Gasteiger partial charge < -0.3 is 19.8 Å². The molecular weight excluding hydrogens is 270 g/mol. The second kappa shape index (κ2) is 5.56. The lowest BCUT2D eigenvalue weighted by atomic mass is 9.84. The first kappa shape index (κ1) is 14.2. The molecule has 21 heavy (non-hydrogen) atoms. The quantitative estimate of drug-likeness (QED) is 0.894. The second-order valence-electron chi connectivity index (χ2n) is 6.01. The Balaban J connectivity index is 1.87. The summed E-state index contributed by atoms with van der Waals surface area (Å²) >= 11 is 0. The highest BCUT2D eigenvalue weighted by Gasteiger charge is 2.34. The molecule has 114 valence electrons. The third-order valence-corrected chi connectivity index (χ3v) is 4.44. The summed E-state index contributed by atoms with van der Waals surface area (Å²) in [6.07, 6.45) is 4.94. The Morgan fingerprint density at radius 3 is 2.76 bits per heavy atom. The summed E-state index contributed by atoms with van der Waals surface area (Å²) < 4.78 is 5.56. The Morgan fingerprint density at radius 2 is 2.05 bits per heavy atom. The summed E-state index contributed by atoms with van der Waals surface area (Å²) in [7, 11) is 0. The first-order chi connectivity index (χ1) is 10.1. The van der Waals surface area contributed by atoms with Crippen molar-refractivity contribution < 1.29 is 19.7 Å². The molecule has 5 nitrogen and oxygen atoms in total. The van der Waals surface area contributed by atoms with Crippen LogP contribution in [0.2, 0.25) is 0 Å². The fourth-order valence-corrected chi connectivity index (χ4v) is 3.36. The Bertz CT molecular complexity index is 537. The minimum Gasteiger partial charge on any atom is -0.489 e. The van der Waals surface area contributed by atoms with Crippen molar-refractivity contribution in [3.05, 3.63) is 23.8 Å². The van der Waals surface area contributed by atoms with Gasteiger partial charge in [0, 0.05) is 6.54 Å². The summed E-state index contributed by atoms with van der Waals surface area (Å²) in [6.45, 7) is 1.68. The number of fused-ring (bicyclic) bond motifs is 1.